The molecule has 1 fully saturated rings. The average Bonchev–Trinajstić information content (AvgIpc) is 2.60. The molecule has 0 aliphatic carbocycles. The molecule has 1 aliphatic heterocycles. The van der Waals surface area contributed by atoms with Gasteiger partial charge in [0.15, 0.2) is 0 Å². The summed E-state index contributed by atoms with van der Waals surface area (Å²) in [6.07, 6.45) is -0.465. The van der Waals surface area contributed by atoms with Crippen LogP contribution in [0.25, 0.3) is 11.0 Å². The molecule has 0 spiro atoms. The van der Waals surface area contributed by atoms with Crippen LogP contribution in [0.4, 0.5) is 4.79 Å². The van der Waals surface area contributed by atoms with Crippen molar-refractivity contribution < 1.29 is 22.4 Å². The number of sulfonamides is 1. The molecule has 0 unspecified atom stereocenters. The fraction of sp³-hybridized carbons (Fsp3) is 0.333. The number of carbonyl (C=O) groups is 1. The number of nitrogens with zero attached hydrogens (tertiary/aromatic N) is 2. The van der Waals surface area contributed by atoms with E-state index in [4.69, 9.17) is 4.42 Å². The second-order valence-corrected chi connectivity index (χ2v) is 7.25. The largest absolute Gasteiger partial charge is 0.453 e. The van der Waals surface area contributed by atoms with Gasteiger partial charge in [0, 0.05) is 37.6 Å². The Bertz CT molecular complexity index is 928. The van der Waals surface area contributed by atoms with Crippen LogP contribution in [0.3, 0.4) is 0 Å². The second-order valence-electron chi connectivity index (χ2n) is 5.32. The first kappa shape index (κ1) is 16.5. The molecule has 1 aliphatic rings. The first-order valence-corrected chi connectivity index (χ1v) is 8.73. The van der Waals surface area contributed by atoms with Gasteiger partial charge in [-0.15, -0.1) is 0 Å². The first-order chi connectivity index (χ1) is 11.4. The van der Waals surface area contributed by atoms with Crippen molar-refractivity contribution in [1.82, 2.24) is 9.21 Å². The fourth-order valence-electron chi connectivity index (χ4n) is 2.60. The molecule has 128 valence electrons. The van der Waals surface area contributed by atoms with Crippen LogP contribution < -0.4 is 5.63 Å². The van der Waals surface area contributed by atoms with Crippen molar-refractivity contribution in [3.8, 4) is 0 Å². The quantitative estimate of drug-likeness (QED) is 0.744. The number of piperazine rings is 1. The highest BCUT2D eigenvalue weighted by Gasteiger charge is 2.30. The Kier molecular flexibility index (Phi) is 4.29. The maximum atomic E-state index is 12.7. The predicted molar refractivity (Wildman–Crippen MR) is 85.2 cm³/mol. The number of hydrogen-bond donors (Lipinski definition) is 0. The van der Waals surface area contributed by atoms with Crippen molar-refractivity contribution in [2.24, 2.45) is 0 Å². The lowest BCUT2D eigenvalue weighted by molar-refractivity contribution is 0.108. The highest BCUT2D eigenvalue weighted by molar-refractivity contribution is 7.89. The third kappa shape index (κ3) is 3.00. The first-order valence-electron chi connectivity index (χ1n) is 7.29. The minimum atomic E-state index is -3.68. The SMILES string of the molecule is COC(=O)N1CCN(S(=O)(=O)c2ccc3oc(=O)ccc3c2)CC1. The Morgan fingerprint density at radius 1 is 1.12 bits per heavy atom. The van der Waals surface area contributed by atoms with Crippen molar-refractivity contribution >= 4 is 27.1 Å². The summed E-state index contributed by atoms with van der Waals surface area (Å²) in [5.74, 6) is 0. The molecule has 24 heavy (non-hydrogen) atoms. The van der Waals surface area contributed by atoms with Crippen LogP contribution in [0, 0.1) is 0 Å². The molecule has 1 aromatic carbocycles. The Labute approximate surface area is 138 Å². The Morgan fingerprint density at radius 2 is 1.83 bits per heavy atom. The van der Waals surface area contributed by atoms with E-state index in [0.29, 0.717) is 11.0 Å². The minimum absolute atomic E-state index is 0.121. The minimum Gasteiger partial charge on any atom is -0.453 e. The lowest BCUT2D eigenvalue weighted by atomic mass is 10.2. The van der Waals surface area contributed by atoms with Gasteiger partial charge in [0.2, 0.25) is 10.0 Å². The zero-order chi connectivity index (χ0) is 17.3. The molecule has 0 saturated carbocycles. The van der Waals surface area contributed by atoms with Crippen LogP contribution >= 0.6 is 0 Å². The monoisotopic (exact) mass is 352 g/mol. The van der Waals surface area contributed by atoms with Gasteiger partial charge >= 0.3 is 11.7 Å². The van der Waals surface area contributed by atoms with Crippen molar-refractivity contribution in [2.45, 2.75) is 4.90 Å². The van der Waals surface area contributed by atoms with Gasteiger partial charge in [-0.1, -0.05) is 0 Å². The van der Waals surface area contributed by atoms with Gasteiger partial charge in [-0.2, -0.15) is 4.31 Å². The summed E-state index contributed by atoms with van der Waals surface area (Å²) in [5.41, 5.74) is -0.158. The molecule has 3 rings (SSSR count). The zero-order valence-electron chi connectivity index (χ0n) is 13.0. The van der Waals surface area contributed by atoms with Gasteiger partial charge in [-0.05, 0) is 24.3 Å². The molecule has 1 aromatic heterocycles. The number of methoxy groups -OCH3 is 1. The number of hydrogen-bond acceptors (Lipinski definition) is 6. The second kappa shape index (κ2) is 6.25. The van der Waals surface area contributed by atoms with Gasteiger partial charge in [0.25, 0.3) is 0 Å². The van der Waals surface area contributed by atoms with Crippen molar-refractivity contribution in [3.05, 3.63) is 40.8 Å². The fourth-order valence-corrected chi connectivity index (χ4v) is 4.06. The molecule has 0 bridgehead atoms. The normalized spacial score (nSPS) is 16.3. The summed E-state index contributed by atoms with van der Waals surface area (Å²) in [5, 5.41) is 0.531. The van der Waals surface area contributed by atoms with Crippen LogP contribution in [-0.2, 0) is 14.8 Å². The third-order valence-corrected chi connectivity index (χ3v) is 5.79. The van der Waals surface area contributed by atoms with E-state index in [0.717, 1.165) is 0 Å². The van der Waals surface area contributed by atoms with Gasteiger partial charge < -0.3 is 14.1 Å². The molecule has 1 saturated heterocycles. The van der Waals surface area contributed by atoms with Crippen LogP contribution in [0.15, 0.2) is 44.4 Å². The van der Waals surface area contributed by atoms with Crippen molar-refractivity contribution in [3.63, 3.8) is 0 Å². The number of carbonyl (C=O) groups excluding carboxylic acids is 1. The zero-order valence-corrected chi connectivity index (χ0v) is 13.8. The van der Waals surface area contributed by atoms with Crippen LogP contribution in [0.5, 0.6) is 0 Å². The maximum absolute atomic E-state index is 12.7. The molecule has 9 heteroatoms. The van der Waals surface area contributed by atoms with E-state index in [1.807, 2.05) is 0 Å². The van der Waals surface area contributed by atoms with Crippen LogP contribution in [0.2, 0.25) is 0 Å². The molecule has 0 N–H and O–H groups in total. The highest BCUT2D eigenvalue weighted by atomic mass is 32.2. The number of benzene rings is 1. The van der Waals surface area contributed by atoms with E-state index < -0.39 is 21.7 Å². The van der Waals surface area contributed by atoms with Crippen LogP contribution in [-0.4, -0.2) is 57.0 Å². The molecule has 1 amide bonds. The average molecular weight is 352 g/mol. The van der Waals surface area contributed by atoms with E-state index in [1.165, 1.54) is 46.6 Å². The van der Waals surface area contributed by atoms with Crippen molar-refractivity contribution in [2.75, 3.05) is 33.3 Å². The highest BCUT2D eigenvalue weighted by Crippen LogP contribution is 2.22. The van der Waals surface area contributed by atoms with E-state index in [1.54, 1.807) is 0 Å². The van der Waals surface area contributed by atoms with E-state index in [9.17, 15) is 18.0 Å². The molecular weight excluding hydrogens is 336 g/mol. The Balaban J connectivity index is 1.85. The molecule has 0 radical (unpaired) electrons. The summed E-state index contributed by atoms with van der Waals surface area (Å²) in [6, 6.07) is 7.12. The number of ether oxygens (including phenoxy) is 1. The molecular formula is C15H16N2O6S. The topological polar surface area (TPSA) is 97.1 Å². The number of fused-ring (bicyclic) bond motifs is 1. The summed E-state index contributed by atoms with van der Waals surface area (Å²) < 4.78 is 36.5. The van der Waals surface area contributed by atoms with Crippen molar-refractivity contribution in [1.29, 1.82) is 0 Å². The lowest BCUT2D eigenvalue weighted by Gasteiger charge is -2.33. The summed E-state index contributed by atoms with van der Waals surface area (Å²) >= 11 is 0. The Hall–Kier alpha value is -2.39. The van der Waals surface area contributed by atoms with Gasteiger partial charge in [-0.25, -0.2) is 18.0 Å². The van der Waals surface area contributed by atoms with Gasteiger partial charge in [0.1, 0.15) is 5.58 Å². The summed E-state index contributed by atoms with van der Waals surface area (Å²) in [6.45, 7) is 0.932. The predicted octanol–water partition coefficient (Wildman–Crippen LogP) is 0.866. The van der Waals surface area contributed by atoms with E-state index >= 15 is 0 Å². The number of amides is 1. The molecule has 8 nitrogen and oxygen atoms in total. The van der Waals surface area contributed by atoms with Gasteiger partial charge in [-0.3, -0.25) is 0 Å². The molecule has 2 aromatic rings. The lowest BCUT2D eigenvalue weighted by Crippen LogP contribution is -2.50. The maximum Gasteiger partial charge on any atom is 0.409 e. The summed E-state index contributed by atoms with van der Waals surface area (Å²) in [4.78, 5) is 24.2. The number of rotatable bonds is 2. The van der Waals surface area contributed by atoms with Gasteiger partial charge in [0.05, 0.1) is 12.0 Å². The third-order valence-electron chi connectivity index (χ3n) is 3.90. The molecule has 0 atom stereocenters. The van der Waals surface area contributed by atoms with E-state index in [-0.39, 0.29) is 31.1 Å². The smallest absolute Gasteiger partial charge is 0.409 e. The van der Waals surface area contributed by atoms with E-state index in [2.05, 4.69) is 4.74 Å². The standard InChI is InChI=1S/C15H16N2O6S/c1-22-15(19)16-6-8-17(9-7-16)24(20,21)12-3-4-13-11(10-12)2-5-14(18)23-13/h2-5,10H,6-9H2,1H3. The Morgan fingerprint density at radius 3 is 2.50 bits per heavy atom. The molecule has 2 heterocycles. The van der Waals surface area contributed by atoms with Crippen LogP contribution in [0.1, 0.15) is 0 Å². The summed E-state index contributed by atoms with van der Waals surface area (Å²) in [7, 11) is -2.39.